The van der Waals surface area contributed by atoms with E-state index in [1.165, 1.54) is 0 Å². The first-order chi connectivity index (χ1) is 12.8. The summed E-state index contributed by atoms with van der Waals surface area (Å²) in [6.07, 6.45) is 2.95. The van der Waals surface area contributed by atoms with Crippen molar-refractivity contribution < 1.29 is 23.7 Å². The first-order valence-electron chi connectivity index (χ1n) is 9.93. The number of ether oxygens (including phenoxy) is 4. The predicted octanol–water partition coefficient (Wildman–Crippen LogP) is 1.80. The molecule has 1 amide bonds. The Morgan fingerprint density at radius 3 is 1.67 bits per heavy atom. The number of unbranched alkanes of at least 4 members (excludes halogenated alkanes) is 1. The summed E-state index contributed by atoms with van der Waals surface area (Å²) in [6.45, 7) is 11.1. The molecule has 0 saturated heterocycles. The predicted molar refractivity (Wildman–Crippen MR) is 107 cm³/mol. The molecule has 162 valence electrons. The summed E-state index contributed by atoms with van der Waals surface area (Å²) in [7, 11) is 0. The van der Waals surface area contributed by atoms with Crippen molar-refractivity contribution >= 4 is 6.09 Å². The number of carbonyl (C=O) groups is 1. The van der Waals surface area contributed by atoms with Crippen LogP contribution in [0, 0.1) is 0 Å². The molecule has 0 aliphatic rings. The van der Waals surface area contributed by atoms with Gasteiger partial charge in [0.15, 0.2) is 0 Å². The van der Waals surface area contributed by atoms with E-state index in [1.54, 1.807) is 0 Å². The first kappa shape index (κ1) is 26.1. The molecule has 0 saturated carbocycles. The molecule has 0 radical (unpaired) electrons. The van der Waals surface area contributed by atoms with Crippen molar-refractivity contribution in [2.75, 3.05) is 52.7 Å². The van der Waals surface area contributed by atoms with E-state index in [4.69, 9.17) is 30.4 Å². The fraction of sp³-hybridized carbons (Fsp3) is 0.947. The third-order valence-corrected chi connectivity index (χ3v) is 3.53. The van der Waals surface area contributed by atoms with E-state index < -0.39 is 17.2 Å². The van der Waals surface area contributed by atoms with E-state index in [9.17, 15) is 4.79 Å². The molecule has 0 fully saturated rings. The van der Waals surface area contributed by atoms with Gasteiger partial charge in [-0.25, -0.2) is 4.79 Å². The molecule has 0 aromatic carbocycles. The lowest BCUT2D eigenvalue weighted by atomic mass is 10.0. The van der Waals surface area contributed by atoms with Crippen LogP contribution in [0.3, 0.4) is 0 Å². The highest BCUT2D eigenvalue weighted by Crippen LogP contribution is 2.13. The van der Waals surface area contributed by atoms with Crippen molar-refractivity contribution in [2.24, 2.45) is 11.5 Å². The molecular formula is C19H41N3O5. The van der Waals surface area contributed by atoms with Gasteiger partial charge in [-0.05, 0) is 53.1 Å². The van der Waals surface area contributed by atoms with Crippen molar-refractivity contribution in [1.82, 2.24) is 5.32 Å². The zero-order valence-corrected chi connectivity index (χ0v) is 17.7. The van der Waals surface area contributed by atoms with Gasteiger partial charge in [-0.2, -0.15) is 0 Å². The topological polar surface area (TPSA) is 118 Å². The molecule has 8 heteroatoms. The molecule has 0 rings (SSSR count). The maximum Gasteiger partial charge on any atom is 0.408 e. The molecule has 5 N–H and O–H groups in total. The average molecular weight is 392 g/mol. The second-order valence-corrected chi connectivity index (χ2v) is 7.70. The third kappa shape index (κ3) is 14.8. The molecule has 0 spiro atoms. The summed E-state index contributed by atoms with van der Waals surface area (Å²) in [4.78, 5) is 12.4. The second kappa shape index (κ2) is 15.0. The highest BCUT2D eigenvalue weighted by Gasteiger charge is 2.35. The van der Waals surface area contributed by atoms with Gasteiger partial charge in [0.2, 0.25) is 0 Å². The van der Waals surface area contributed by atoms with Crippen LogP contribution in [-0.2, 0) is 18.9 Å². The van der Waals surface area contributed by atoms with Crippen LogP contribution in [0.2, 0.25) is 0 Å². The summed E-state index contributed by atoms with van der Waals surface area (Å²) < 4.78 is 22.7. The molecule has 0 unspecified atom stereocenters. The quantitative estimate of drug-likeness (QED) is 0.343. The van der Waals surface area contributed by atoms with Gasteiger partial charge in [-0.3, -0.25) is 0 Å². The number of amides is 1. The summed E-state index contributed by atoms with van der Waals surface area (Å²) in [6, 6.07) is 0. The van der Waals surface area contributed by atoms with Gasteiger partial charge in [0.1, 0.15) is 11.1 Å². The van der Waals surface area contributed by atoms with Crippen LogP contribution in [0.25, 0.3) is 0 Å². The zero-order valence-electron chi connectivity index (χ0n) is 17.7. The monoisotopic (exact) mass is 391 g/mol. The fourth-order valence-corrected chi connectivity index (χ4v) is 2.17. The van der Waals surface area contributed by atoms with Crippen molar-refractivity contribution in [3.63, 3.8) is 0 Å². The maximum absolute atomic E-state index is 12.4. The molecule has 0 atom stereocenters. The van der Waals surface area contributed by atoms with Gasteiger partial charge >= 0.3 is 6.09 Å². The summed E-state index contributed by atoms with van der Waals surface area (Å²) >= 11 is 0. The molecule has 0 bridgehead atoms. The first-order valence-corrected chi connectivity index (χ1v) is 9.93. The Balaban J connectivity index is 5.04. The van der Waals surface area contributed by atoms with E-state index in [1.807, 2.05) is 20.8 Å². The molecule has 0 aromatic rings. The highest BCUT2D eigenvalue weighted by molar-refractivity contribution is 5.68. The standard InChI is InChI=1S/C19H41N3O5/c1-5-6-11-24-14-19(15-25-12-7-9-20,16-26-13-8-10-21)22-17(23)27-18(2,3)4/h5-16,20-21H2,1-4H3,(H,22,23). The van der Waals surface area contributed by atoms with Gasteiger partial charge in [0.25, 0.3) is 0 Å². The smallest absolute Gasteiger partial charge is 0.408 e. The maximum atomic E-state index is 12.4. The van der Waals surface area contributed by atoms with E-state index in [0.29, 0.717) is 32.9 Å². The number of nitrogens with one attached hydrogen (secondary N) is 1. The van der Waals surface area contributed by atoms with Gasteiger partial charge in [-0.1, -0.05) is 13.3 Å². The molecule has 27 heavy (non-hydrogen) atoms. The van der Waals surface area contributed by atoms with Crippen LogP contribution in [0.1, 0.15) is 53.4 Å². The number of nitrogens with two attached hydrogens (primary N) is 2. The third-order valence-electron chi connectivity index (χ3n) is 3.53. The van der Waals surface area contributed by atoms with Crippen LogP contribution in [0.15, 0.2) is 0 Å². The number of rotatable bonds is 16. The van der Waals surface area contributed by atoms with Crippen LogP contribution in [0.4, 0.5) is 4.79 Å². The minimum atomic E-state index is -0.834. The number of carbonyl (C=O) groups excluding carboxylic acids is 1. The minimum Gasteiger partial charge on any atom is -0.444 e. The molecule has 8 nitrogen and oxygen atoms in total. The Hall–Kier alpha value is -0.930. The molecular weight excluding hydrogens is 350 g/mol. The Bertz CT molecular complexity index is 344. The summed E-state index contributed by atoms with van der Waals surface area (Å²) in [5.41, 5.74) is 9.62. The number of hydrogen-bond donors (Lipinski definition) is 3. The van der Waals surface area contributed by atoms with E-state index in [2.05, 4.69) is 12.2 Å². The molecule has 0 aliphatic heterocycles. The molecule has 0 heterocycles. The number of hydrogen-bond acceptors (Lipinski definition) is 7. The second-order valence-electron chi connectivity index (χ2n) is 7.70. The van der Waals surface area contributed by atoms with E-state index >= 15 is 0 Å². The lowest BCUT2D eigenvalue weighted by Crippen LogP contribution is -2.59. The van der Waals surface area contributed by atoms with E-state index in [0.717, 1.165) is 25.7 Å². The van der Waals surface area contributed by atoms with Gasteiger partial charge in [0, 0.05) is 19.8 Å². The molecule has 0 aliphatic carbocycles. The van der Waals surface area contributed by atoms with Crippen molar-refractivity contribution in [3.8, 4) is 0 Å². The number of alkyl carbamates (subject to hydrolysis) is 1. The largest absolute Gasteiger partial charge is 0.444 e. The summed E-state index contributed by atoms with van der Waals surface area (Å²) in [5, 5.41) is 2.92. The van der Waals surface area contributed by atoms with Crippen LogP contribution in [-0.4, -0.2) is 70.0 Å². The molecule has 0 aromatic heterocycles. The van der Waals surface area contributed by atoms with Crippen LogP contribution < -0.4 is 16.8 Å². The van der Waals surface area contributed by atoms with E-state index in [-0.39, 0.29) is 19.8 Å². The van der Waals surface area contributed by atoms with Crippen molar-refractivity contribution in [3.05, 3.63) is 0 Å². The Labute approximate surface area is 164 Å². The van der Waals surface area contributed by atoms with Crippen LogP contribution in [0.5, 0.6) is 0 Å². The van der Waals surface area contributed by atoms with Crippen LogP contribution >= 0.6 is 0 Å². The lowest BCUT2D eigenvalue weighted by molar-refractivity contribution is -0.0446. The fourth-order valence-electron chi connectivity index (χ4n) is 2.17. The highest BCUT2D eigenvalue weighted by atomic mass is 16.6. The normalized spacial score (nSPS) is 12.2. The minimum absolute atomic E-state index is 0.251. The van der Waals surface area contributed by atoms with Crippen molar-refractivity contribution in [2.45, 2.75) is 64.5 Å². The van der Waals surface area contributed by atoms with Gasteiger partial charge < -0.3 is 35.7 Å². The summed E-state index contributed by atoms with van der Waals surface area (Å²) in [5.74, 6) is 0. The SMILES string of the molecule is CCCCOCC(COCCCN)(COCCCN)NC(=O)OC(C)(C)C. The zero-order chi connectivity index (χ0) is 20.6. The van der Waals surface area contributed by atoms with Crippen molar-refractivity contribution in [1.29, 1.82) is 0 Å². The lowest BCUT2D eigenvalue weighted by Gasteiger charge is -2.35. The van der Waals surface area contributed by atoms with Gasteiger partial charge in [-0.15, -0.1) is 0 Å². The Kier molecular flexibility index (Phi) is 14.5. The average Bonchev–Trinajstić information content (AvgIpc) is 2.58. The Morgan fingerprint density at radius 1 is 0.852 bits per heavy atom. The van der Waals surface area contributed by atoms with Gasteiger partial charge in [0.05, 0.1) is 19.8 Å². The Morgan fingerprint density at radius 2 is 1.30 bits per heavy atom.